The summed E-state index contributed by atoms with van der Waals surface area (Å²) in [5.74, 6) is -2.17. The van der Waals surface area contributed by atoms with Crippen LogP contribution in [0.5, 0.6) is 0 Å². The number of rotatable bonds is 5. The van der Waals surface area contributed by atoms with Gasteiger partial charge in [-0.2, -0.15) is 13.2 Å². The summed E-state index contributed by atoms with van der Waals surface area (Å²) in [6.45, 7) is 4.27. The maximum Gasteiger partial charge on any atom is 0.418 e. The van der Waals surface area contributed by atoms with Crippen molar-refractivity contribution in [3.63, 3.8) is 0 Å². The van der Waals surface area contributed by atoms with Crippen LogP contribution in [0.15, 0.2) is 18.2 Å². The second-order valence-electron chi connectivity index (χ2n) is 5.21. The van der Waals surface area contributed by atoms with Crippen LogP contribution in [0.3, 0.4) is 0 Å². The zero-order valence-electron chi connectivity index (χ0n) is 13.0. The van der Waals surface area contributed by atoms with Crippen molar-refractivity contribution >= 4 is 23.3 Å². The summed E-state index contributed by atoms with van der Waals surface area (Å²) in [7, 11) is 0. The zero-order chi connectivity index (χ0) is 18.7. The van der Waals surface area contributed by atoms with Crippen LogP contribution < -0.4 is 5.32 Å². The number of halogens is 3. The van der Waals surface area contributed by atoms with E-state index in [9.17, 15) is 32.9 Å². The molecular weight excluding hydrogens is 333 g/mol. The minimum Gasteiger partial charge on any atom is -0.452 e. The number of non-ortho nitro benzene ring substituents is 1. The van der Waals surface area contributed by atoms with Crippen LogP contribution in [0.1, 0.15) is 26.3 Å². The minimum absolute atomic E-state index is 0.320. The van der Waals surface area contributed by atoms with E-state index in [1.54, 1.807) is 0 Å². The molecule has 0 aliphatic carbocycles. The topological polar surface area (TPSA) is 98.5 Å². The van der Waals surface area contributed by atoms with Crippen molar-refractivity contribution in [1.82, 2.24) is 0 Å². The molecule has 1 aromatic carbocycles. The quantitative estimate of drug-likeness (QED) is 0.501. The lowest BCUT2D eigenvalue weighted by Gasteiger charge is -2.17. The monoisotopic (exact) mass is 348 g/mol. The van der Waals surface area contributed by atoms with Gasteiger partial charge in [-0.25, -0.2) is 0 Å². The Bertz CT molecular complexity index is 658. The number of ether oxygens (including phenoxy) is 1. The number of alkyl halides is 3. The third-order valence-corrected chi connectivity index (χ3v) is 2.91. The molecule has 1 aromatic rings. The lowest BCUT2D eigenvalue weighted by molar-refractivity contribution is -0.385. The summed E-state index contributed by atoms with van der Waals surface area (Å²) in [4.78, 5) is 32.9. The molecule has 0 aromatic heterocycles. The Morgan fingerprint density at radius 3 is 2.29 bits per heavy atom. The summed E-state index contributed by atoms with van der Waals surface area (Å²) >= 11 is 0. The summed E-state index contributed by atoms with van der Waals surface area (Å²) in [5, 5.41) is 12.6. The highest BCUT2D eigenvalue weighted by molar-refractivity contribution is 5.96. The number of nitro groups is 1. The minimum atomic E-state index is -4.91. The fourth-order valence-electron chi connectivity index (χ4n) is 1.59. The van der Waals surface area contributed by atoms with Gasteiger partial charge in [0.2, 0.25) is 0 Å². The van der Waals surface area contributed by atoms with Gasteiger partial charge < -0.3 is 10.1 Å². The second kappa shape index (κ2) is 7.28. The van der Waals surface area contributed by atoms with Crippen molar-refractivity contribution in [3.05, 3.63) is 33.9 Å². The van der Waals surface area contributed by atoms with Crippen LogP contribution in [-0.4, -0.2) is 22.9 Å². The molecule has 0 unspecified atom stereocenters. The molecule has 132 valence electrons. The van der Waals surface area contributed by atoms with Crippen LogP contribution in [0.2, 0.25) is 0 Å². The van der Waals surface area contributed by atoms with Gasteiger partial charge >= 0.3 is 12.1 Å². The molecule has 0 saturated heterocycles. The molecule has 7 nitrogen and oxygen atoms in total. The van der Waals surface area contributed by atoms with Gasteiger partial charge in [-0.1, -0.05) is 13.8 Å². The second-order valence-corrected chi connectivity index (χ2v) is 5.21. The molecule has 0 fully saturated rings. The normalized spacial score (nSPS) is 12.6. The van der Waals surface area contributed by atoms with E-state index < -0.39 is 51.9 Å². The summed E-state index contributed by atoms with van der Waals surface area (Å²) in [6.07, 6.45) is -6.23. The Labute approximate surface area is 134 Å². The average Bonchev–Trinajstić information content (AvgIpc) is 2.45. The predicted octanol–water partition coefficient (Wildman–Crippen LogP) is 3.14. The van der Waals surface area contributed by atoms with Gasteiger partial charge in [-0.3, -0.25) is 19.7 Å². The number of hydrogen-bond acceptors (Lipinski definition) is 5. The van der Waals surface area contributed by atoms with E-state index in [0.717, 1.165) is 12.1 Å². The van der Waals surface area contributed by atoms with E-state index in [0.29, 0.717) is 6.07 Å². The number of carbonyl (C=O) groups is 2. The van der Waals surface area contributed by atoms with Crippen LogP contribution in [0, 0.1) is 16.0 Å². The molecule has 0 saturated carbocycles. The first-order chi connectivity index (χ1) is 10.9. The molecule has 0 spiro atoms. The van der Waals surface area contributed by atoms with E-state index in [4.69, 9.17) is 4.74 Å². The number of hydrogen-bond donors (Lipinski definition) is 1. The number of anilines is 1. The lowest BCUT2D eigenvalue weighted by atomic mass is 10.1. The first kappa shape index (κ1) is 19.4. The number of nitrogens with one attached hydrogen (secondary N) is 1. The van der Waals surface area contributed by atoms with Crippen molar-refractivity contribution in [3.8, 4) is 0 Å². The van der Waals surface area contributed by atoms with E-state index in [2.05, 4.69) is 0 Å². The third kappa shape index (κ3) is 4.93. The van der Waals surface area contributed by atoms with Gasteiger partial charge in [0.25, 0.3) is 11.6 Å². The largest absolute Gasteiger partial charge is 0.452 e. The van der Waals surface area contributed by atoms with Crippen molar-refractivity contribution in [2.24, 2.45) is 5.92 Å². The van der Waals surface area contributed by atoms with Gasteiger partial charge in [-0.15, -0.1) is 0 Å². The molecule has 1 N–H and O–H groups in total. The fourth-order valence-corrected chi connectivity index (χ4v) is 1.59. The molecule has 1 rings (SSSR count). The highest BCUT2D eigenvalue weighted by atomic mass is 19.4. The highest BCUT2D eigenvalue weighted by Crippen LogP contribution is 2.37. The molecule has 0 aliphatic rings. The summed E-state index contributed by atoms with van der Waals surface area (Å²) in [5.41, 5.74) is -2.79. The molecule has 0 heterocycles. The molecule has 1 amide bonds. The van der Waals surface area contributed by atoms with Gasteiger partial charge in [0, 0.05) is 12.1 Å². The molecule has 0 aliphatic heterocycles. The maximum absolute atomic E-state index is 13.0. The third-order valence-electron chi connectivity index (χ3n) is 2.91. The highest BCUT2D eigenvalue weighted by Gasteiger charge is 2.36. The van der Waals surface area contributed by atoms with E-state index in [1.807, 2.05) is 5.32 Å². The first-order valence-electron chi connectivity index (χ1n) is 6.80. The molecule has 10 heteroatoms. The molecule has 24 heavy (non-hydrogen) atoms. The van der Waals surface area contributed by atoms with Crippen molar-refractivity contribution in [1.29, 1.82) is 0 Å². The Balaban J connectivity index is 3.04. The van der Waals surface area contributed by atoms with Crippen LogP contribution in [-0.2, 0) is 20.5 Å². The SMILES string of the molecule is CC(C)C(=O)O[C@@H](C)C(=O)Nc1ccc([N+](=O)[O-])cc1C(F)(F)F. The van der Waals surface area contributed by atoms with Gasteiger partial charge in [-0.05, 0) is 13.0 Å². The van der Waals surface area contributed by atoms with E-state index in [1.165, 1.54) is 20.8 Å². The van der Waals surface area contributed by atoms with Crippen molar-refractivity contribution in [2.45, 2.75) is 33.1 Å². The van der Waals surface area contributed by atoms with Crippen molar-refractivity contribution < 1.29 is 32.4 Å². The lowest BCUT2D eigenvalue weighted by Crippen LogP contribution is -2.32. The van der Waals surface area contributed by atoms with Crippen LogP contribution in [0.4, 0.5) is 24.5 Å². The maximum atomic E-state index is 13.0. The number of nitro benzene ring substituents is 1. The number of benzene rings is 1. The van der Waals surface area contributed by atoms with Gasteiger partial charge in [0.05, 0.1) is 22.1 Å². The zero-order valence-corrected chi connectivity index (χ0v) is 13.0. The number of nitrogens with zero attached hydrogens (tertiary/aromatic N) is 1. The van der Waals surface area contributed by atoms with E-state index >= 15 is 0 Å². The Hall–Kier alpha value is -2.65. The molecular formula is C14H15F3N2O5. The van der Waals surface area contributed by atoms with Crippen LogP contribution >= 0.6 is 0 Å². The van der Waals surface area contributed by atoms with Gasteiger partial charge in [0.15, 0.2) is 6.10 Å². The molecule has 1 atom stereocenters. The summed E-state index contributed by atoms with van der Waals surface area (Å²) < 4.78 is 43.8. The van der Waals surface area contributed by atoms with Crippen LogP contribution in [0.25, 0.3) is 0 Å². The predicted molar refractivity (Wildman–Crippen MR) is 77.1 cm³/mol. The Kier molecular flexibility index (Phi) is 5.88. The molecule has 0 bridgehead atoms. The molecule has 0 radical (unpaired) electrons. The smallest absolute Gasteiger partial charge is 0.418 e. The summed E-state index contributed by atoms with van der Waals surface area (Å²) in [6, 6.07) is 1.92. The number of carbonyl (C=O) groups excluding carboxylic acids is 2. The average molecular weight is 348 g/mol. The fraction of sp³-hybridized carbons (Fsp3) is 0.429. The van der Waals surface area contributed by atoms with Crippen molar-refractivity contribution in [2.75, 3.05) is 5.32 Å². The number of amides is 1. The van der Waals surface area contributed by atoms with Gasteiger partial charge in [0.1, 0.15) is 0 Å². The first-order valence-corrected chi connectivity index (χ1v) is 6.80. The number of esters is 1. The van der Waals surface area contributed by atoms with E-state index in [-0.39, 0.29) is 0 Å². The Morgan fingerprint density at radius 2 is 1.83 bits per heavy atom. The standard InChI is InChI=1S/C14H15F3N2O5/c1-7(2)13(21)24-8(3)12(20)18-11-5-4-9(19(22)23)6-10(11)14(15,16)17/h4-8H,1-3H3,(H,18,20)/t8-/m0/s1. The Morgan fingerprint density at radius 1 is 1.25 bits per heavy atom.